The molecule has 2 rings (SSSR count). The van der Waals surface area contributed by atoms with Crippen LogP contribution < -0.4 is 0 Å². The standard InChI is InChI=1S/C13H15FO2/c1-9-7-10(4-5-12(9)14)13(15)8-11-3-2-6-16-11/h4-5,7,11H,2-3,6,8H2,1H3. The Labute approximate surface area is 94.4 Å². The van der Waals surface area contributed by atoms with E-state index >= 15 is 0 Å². The van der Waals surface area contributed by atoms with Gasteiger partial charge in [0, 0.05) is 18.6 Å². The molecule has 0 bridgehead atoms. The highest BCUT2D eigenvalue weighted by molar-refractivity contribution is 5.96. The number of halogens is 1. The summed E-state index contributed by atoms with van der Waals surface area (Å²) < 4.78 is 18.4. The van der Waals surface area contributed by atoms with Gasteiger partial charge in [-0.15, -0.1) is 0 Å². The second kappa shape index (κ2) is 4.74. The fraction of sp³-hybridized carbons (Fsp3) is 0.462. The van der Waals surface area contributed by atoms with E-state index in [9.17, 15) is 9.18 Å². The molecule has 1 unspecified atom stereocenters. The molecule has 0 aliphatic carbocycles. The molecule has 1 saturated heterocycles. The number of Topliss-reactive ketones (excluding diaryl/α,β-unsaturated/α-hetero) is 1. The van der Waals surface area contributed by atoms with Crippen LogP contribution in [-0.4, -0.2) is 18.5 Å². The van der Waals surface area contributed by atoms with Crippen LogP contribution in [0.15, 0.2) is 18.2 Å². The molecule has 0 aromatic heterocycles. The van der Waals surface area contributed by atoms with E-state index in [4.69, 9.17) is 4.74 Å². The number of hydrogen-bond acceptors (Lipinski definition) is 2. The highest BCUT2D eigenvalue weighted by Gasteiger charge is 2.20. The van der Waals surface area contributed by atoms with Crippen LogP contribution in [0, 0.1) is 12.7 Å². The van der Waals surface area contributed by atoms with Crippen molar-refractivity contribution in [3.05, 3.63) is 35.1 Å². The summed E-state index contributed by atoms with van der Waals surface area (Å²) in [6.07, 6.45) is 2.44. The Morgan fingerprint density at radius 3 is 3.00 bits per heavy atom. The van der Waals surface area contributed by atoms with Gasteiger partial charge in [-0.2, -0.15) is 0 Å². The molecular formula is C13H15FO2. The van der Waals surface area contributed by atoms with Gasteiger partial charge in [0.25, 0.3) is 0 Å². The summed E-state index contributed by atoms with van der Waals surface area (Å²) in [6.45, 7) is 2.42. The van der Waals surface area contributed by atoms with E-state index < -0.39 is 0 Å². The molecule has 16 heavy (non-hydrogen) atoms. The molecule has 1 aliphatic rings. The SMILES string of the molecule is Cc1cc(C(=O)CC2CCCO2)ccc1F. The molecule has 1 aromatic carbocycles. The smallest absolute Gasteiger partial charge is 0.165 e. The fourth-order valence-electron chi connectivity index (χ4n) is 1.95. The van der Waals surface area contributed by atoms with E-state index in [2.05, 4.69) is 0 Å². The van der Waals surface area contributed by atoms with Crippen LogP contribution in [-0.2, 0) is 4.74 Å². The Bertz CT molecular complexity index is 395. The molecule has 0 radical (unpaired) electrons. The number of benzene rings is 1. The van der Waals surface area contributed by atoms with Crippen LogP contribution in [0.1, 0.15) is 35.2 Å². The zero-order valence-electron chi connectivity index (χ0n) is 9.33. The Morgan fingerprint density at radius 2 is 2.38 bits per heavy atom. The summed E-state index contributed by atoms with van der Waals surface area (Å²) in [5.74, 6) is -0.233. The lowest BCUT2D eigenvalue weighted by atomic mass is 10.0. The minimum absolute atomic E-state index is 0.0370. The van der Waals surface area contributed by atoms with Crippen molar-refractivity contribution in [2.24, 2.45) is 0 Å². The van der Waals surface area contributed by atoms with Crippen LogP contribution in [0.25, 0.3) is 0 Å². The van der Waals surface area contributed by atoms with Crippen LogP contribution >= 0.6 is 0 Å². The van der Waals surface area contributed by atoms with Gasteiger partial charge in [0.2, 0.25) is 0 Å². The van der Waals surface area contributed by atoms with Crippen molar-refractivity contribution in [1.29, 1.82) is 0 Å². The lowest BCUT2D eigenvalue weighted by Gasteiger charge is -2.08. The van der Waals surface area contributed by atoms with Crippen molar-refractivity contribution in [2.45, 2.75) is 32.3 Å². The van der Waals surface area contributed by atoms with Crippen molar-refractivity contribution in [3.63, 3.8) is 0 Å². The van der Waals surface area contributed by atoms with Gasteiger partial charge in [-0.05, 0) is 43.5 Å². The van der Waals surface area contributed by atoms with Crippen molar-refractivity contribution in [1.82, 2.24) is 0 Å². The highest BCUT2D eigenvalue weighted by atomic mass is 19.1. The number of ether oxygens (including phenoxy) is 1. The Morgan fingerprint density at radius 1 is 1.56 bits per heavy atom. The van der Waals surface area contributed by atoms with Crippen LogP contribution in [0.3, 0.4) is 0 Å². The number of ketones is 1. The fourth-order valence-corrected chi connectivity index (χ4v) is 1.95. The van der Waals surface area contributed by atoms with Crippen LogP contribution in [0.5, 0.6) is 0 Å². The van der Waals surface area contributed by atoms with Gasteiger partial charge < -0.3 is 4.74 Å². The molecule has 86 valence electrons. The lowest BCUT2D eigenvalue weighted by molar-refractivity contribution is 0.0775. The molecule has 2 nitrogen and oxygen atoms in total. The monoisotopic (exact) mass is 222 g/mol. The number of carbonyl (C=O) groups excluding carboxylic acids is 1. The maximum atomic E-state index is 13.0. The first kappa shape index (κ1) is 11.3. The summed E-state index contributed by atoms with van der Waals surface area (Å²) in [5.41, 5.74) is 1.09. The van der Waals surface area contributed by atoms with E-state index in [1.807, 2.05) is 0 Å². The van der Waals surface area contributed by atoms with E-state index in [1.54, 1.807) is 19.1 Å². The molecule has 1 aromatic rings. The maximum absolute atomic E-state index is 13.0. The van der Waals surface area contributed by atoms with E-state index in [1.165, 1.54) is 6.07 Å². The molecule has 1 fully saturated rings. The number of carbonyl (C=O) groups is 1. The predicted octanol–water partition coefficient (Wildman–Crippen LogP) is 2.89. The second-order valence-corrected chi connectivity index (χ2v) is 4.23. The van der Waals surface area contributed by atoms with Gasteiger partial charge in [0.15, 0.2) is 5.78 Å². The second-order valence-electron chi connectivity index (χ2n) is 4.23. The number of aryl methyl sites for hydroxylation is 1. The Balaban J connectivity index is 2.05. The Hall–Kier alpha value is -1.22. The third kappa shape index (κ3) is 2.47. The molecule has 0 N–H and O–H groups in total. The van der Waals surface area contributed by atoms with E-state index in [-0.39, 0.29) is 17.7 Å². The highest BCUT2D eigenvalue weighted by Crippen LogP contribution is 2.19. The van der Waals surface area contributed by atoms with E-state index in [0.29, 0.717) is 17.5 Å². The zero-order chi connectivity index (χ0) is 11.5. The zero-order valence-corrected chi connectivity index (χ0v) is 9.33. The molecule has 1 aliphatic heterocycles. The third-order valence-corrected chi connectivity index (χ3v) is 2.92. The number of rotatable bonds is 3. The van der Waals surface area contributed by atoms with Crippen molar-refractivity contribution in [2.75, 3.05) is 6.61 Å². The minimum atomic E-state index is -0.270. The Kier molecular flexibility index (Phi) is 3.34. The quantitative estimate of drug-likeness (QED) is 0.735. The van der Waals surface area contributed by atoms with Crippen LogP contribution in [0.2, 0.25) is 0 Å². The van der Waals surface area contributed by atoms with Crippen LogP contribution in [0.4, 0.5) is 4.39 Å². The van der Waals surface area contributed by atoms with Gasteiger partial charge in [-0.1, -0.05) is 0 Å². The topological polar surface area (TPSA) is 26.3 Å². The summed E-state index contributed by atoms with van der Waals surface area (Å²) in [6, 6.07) is 4.49. The van der Waals surface area contributed by atoms with Gasteiger partial charge >= 0.3 is 0 Å². The molecule has 3 heteroatoms. The van der Waals surface area contributed by atoms with Gasteiger partial charge in [-0.3, -0.25) is 4.79 Å². The first-order valence-corrected chi connectivity index (χ1v) is 5.58. The predicted molar refractivity (Wildman–Crippen MR) is 59.1 cm³/mol. The lowest BCUT2D eigenvalue weighted by Crippen LogP contribution is -2.12. The van der Waals surface area contributed by atoms with Gasteiger partial charge in [0.05, 0.1) is 6.10 Å². The molecule has 1 heterocycles. The normalized spacial score (nSPS) is 20.0. The average Bonchev–Trinajstić information content (AvgIpc) is 2.74. The molecular weight excluding hydrogens is 207 g/mol. The largest absolute Gasteiger partial charge is 0.378 e. The molecule has 1 atom stereocenters. The van der Waals surface area contributed by atoms with Crippen molar-refractivity contribution in [3.8, 4) is 0 Å². The van der Waals surface area contributed by atoms with E-state index in [0.717, 1.165) is 19.4 Å². The maximum Gasteiger partial charge on any atom is 0.165 e. The minimum Gasteiger partial charge on any atom is -0.378 e. The first-order chi connectivity index (χ1) is 7.66. The van der Waals surface area contributed by atoms with Gasteiger partial charge in [-0.25, -0.2) is 4.39 Å². The summed E-state index contributed by atoms with van der Waals surface area (Å²) in [4.78, 5) is 11.9. The summed E-state index contributed by atoms with van der Waals surface area (Å²) in [7, 11) is 0. The summed E-state index contributed by atoms with van der Waals surface area (Å²) in [5, 5.41) is 0. The molecule has 0 saturated carbocycles. The number of hydrogen-bond donors (Lipinski definition) is 0. The van der Waals surface area contributed by atoms with Gasteiger partial charge in [0.1, 0.15) is 5.82 Å². The third-order valence-electron chi connectivity index (χ3n) is 2.92. The van der Waals surface area contributed by atoms with Crippen molar-refractivity contribution >= 4 is 5.78 Å². The molecule has 0 amide bonds. The van der Waals surface area contributed by atoms with Crippen molar-refractivity contribution < 1.29 is 13.9 Å². The average molecular weight is 222 g/mol. The summed E-state index contributed by atoms with van der Waals surface area (Å²) >= 11 is 0. The molecule has 0 spiro atoms. The first-order valence-electron chi connectivity index (χ1n) is 5.58.